The third-order valence-electron chi connectivity index (χ3n) is 6.97. The minimum atomic E-state index is -1.25. The predicted octanol–water partition coefficient (Wildman–Crippen LogP) is 2.24. The van der Waals surface area contributed by atoms with Gasteiger partial charge in [-0.2, -0.15) is 4.68 Å². The Morgan fingerprint density at radius 1 is 0.757 bits per heavy atom. The van der Waals surface area contributed by atoms with Crippen LogP contribution in [-0.2, 0) is 10.3 Å². The second-order valence-corrected chi connectivity index (χ2v) is 9.12. The lowest BCUT2D eigenvalue weighted by molar-refractivity contribution is -0.131. The van der Waals surface area contributed by atoms with Gasteiger partial charge >= 0.3 is 6.03 Å². The summed E-state index contributed by atoms with van der Waals surface area (Å²) >= 11 is 0. The van der Waals surface area contributed by atoms with Gasteiger partial charge < -0.3 is 10.2 Å². The zero-order chi connectivity index (χ0) is 25.2. The summed E-state index contributed by atoms with van der Waals surface area (Å²) in [6.07, 6.45) is 0. The van der Waals surface area contributed by atoms with E-state index in [-0.39, 0.29) is 12.6 Å². The molecule has 2 fully saturated rings. The van der Waals surface area contributed by atoms with Gasteiger partial charge in [-0.1, -0.05) is 84.0 Å². The largest absolute Gasteiger partial charge is 0.337 e. The highest BCUT2D eigenvalue weighted by Gasteiger charge is 2.54. The van der Waals surface area contributed by atoms with E-state index in [0.29, 0.717) is 32.1 Å². The average Bonchev–Trinajstić information content (AvgIpc) is 3.55. The summed E-state index contributed by atoms with van der Waals surface area (Å²) in [6.45, 7) is 2.85. The van der Waals surface area contributed by atoms with Crippen LogP contribution in [0, 0.1) is 0 Å². The number of nitrogens with one attached hydrogen (secondary N) is 1. The lowest BCUT2D eigenvalue weighted by Crippen LogP contribution is -2.52. The third kappa shape index (κ3) is 4.01. The van der Waals surface area contributed by atoms with Crippen molar-refractivity contribution in [2.45, 2.75) is 5.54 Å². The first-order valence-electron chi connectivity index (χ1n) is 12.2. The number of piperazine rings is 1. The number of aromatic nitrogens is 4. The van der Waals surface area contributed by atoms with Crippen molar-refractivity contribution in [2.75, 3.05) is 37.7 Å². The highest BCUT2D eigenvalue weighted by molar-refractivity contribution is 6.09. The number of benzene rings is 3. The van der Waals surface area contributed by atoms with Crippen molar-refractivity contribution in [3.63, 3.8) is 0 Å². The molecule has 10 heteroatoms. The summed E-state index contributed by atoms with van der Waals surface area (Å²) in [5, 5.41) is 15.3. The molecule has 2 aliphatic rings. The fourth-order valence-corrected chi connectivity index (χ4v) is 5.04. The van der Waals surface area contributed by atoms with Crippen LogP contribution in [-0.4, -0.2) is 74.8 Å². The molecule has 0 saturated carbocycles. The topological polar surface area (TPSA) is 99.5 Å². The molecule has 3 amide bonds. The third-order valence-corrected chi connectivity index (χ3v) is 6.97. The summed E-state index contributed by atoms with van der Waals surface area (Å²) in [7, 11) is 0. The van der Waals surface area contributed by atoms with Crippen molar-refractivity contribution >= 4 is 17.9 Å². The molecule has 4 aromatic rings. The predicted molar refractivity (Wildman–Crippen MR) is 137 cm³/mol. The first kappa shape index (κ1) is 22.9. The maximum Gasteiger partial charge on any atom is 0.326 e. The van der Waals surface area contributed by atoms with Crippen molar-refractivity contribution in [1.82, 2.24) is 35.3 Å². The summed E-state index contributed by atoms with van der Waals surface area (Å²) in [5.41, 5.74) is 1.11. The number of nitrogens with zero attached hydrogens (tertiary/aromatic N) is 7. The molecule has 0 unspecified atom stereocenters. The molecule has 3 heterocycles. The average molecular weight is 495 g/mol. The quantitative estimate of drug-likeness (QED) is 0.411. The van der Waals surface area contributed by atoms with E-state index in [1.807, 2.05) is 91.0 Å². The molecule has 10 nitrogen and oxygen atoms in total. The number of para-hydroxylation sites is 1. The van der Waals surface area contributed by atoms with Crippen LogP contribution >= 0.6 is 0 Å². The lowest BCUT2D eigenvalue weighted by Gasteiger charge is -2.36. The number of carbonyl (C=O) groups excluding carboxylic acids is 2. The Hall–Kier alpha value is -4.57. The van der Waals surface area contributed by atoms with Crippen LogP contribution in [0.15, 0.2) is 91.0 Å². The minimum absolute atomic E-state index is 0.212. The molecule has 1 aromatic heterocycles. The van der Waals surface area contributed by atoms with Gasteiger partial charge in [-0.15, -0.1) is 0 Å². The van der Waals surface area contributed by atoms with Gasteiger partial charge in [0.2, 0.25) is 5.95 Å². The van der Waals surface area contributed by atoms with Gasteiger partial charge in [-0.3, -0.25) is 9.69 Å². The molecule has 0 bridgehead atoms. The molecule has 0 spiro atoms. The van der Waals surface area contributed by atoms with E-state index in [4.69, 9.17) is 0 Å². The van der Waals surface area contributed by atoms with Crippen LogP contribution in [0.3, 0.4) is 0 Å². The Morgan fingerprint density at radius 2 is 1.32 bits per heavy atom. The van der Waals surface area contributed by atoms with E-state index in [9.17, 15) is 9.59 Å². The van der Waals surface area contributed by atoms with Gasteiger partial charge in [-0.25, -0.2) is 9.69 Å². The number of imide groups is 1. The number of carbonyl (C=O) groups is 2. The first-order valence-corrected chi connectivity index (χ1v) is 12.2. The summed E-state index contributed by atoms with van der Waals surface area (Å²) < 4.78 is 1.72. The van der Waals surface area contributed by atoms with Crippen LogP contribution in [0.25, 0.3) is 5.69 Å². The molecular formula is C27H26N8O2. The molecule has 0 radical (unpaired) electrons. The Kier molecular flexibility index (Phi) is 5.85. The van der Waals surface area contributed by atoms with Gasteiger partial charge in [0.25, 0.3) is 5.91 Å². The number of anilines is 1. The molecule has 2 aliphatic heterocycles. The molecule has 3 aromatic carbocycles. The van der Waals surface area contributed by atoms with Crippen molar-refractivity contribution in [2.24, 2.45) is 0 Å². The van der Waals surface area contributed by atoms with Crippen LogP contribution in [0.2, 0.25) is 0 Å². The van der Waals surface area contributed by atoms with Crippen LogP contribution in [0.4, 0.5) is 10.7 Å². The SMILES string of the molecule is O=C1NC(c2ccccc2)(c2ccccc2)C(=O)N1CN1CCN(c2nnnn2-c2ccccc2)CC1. The standard InChI is InChI=1S/C27H26N8O2/c36-24-27(21-10-4-1-5-11-21,22-12-6-2-7-13-22)28-26(37)34(24)20-32-16-18-33(19-17-32)25-29-30-31-35(25)23-14-8-3-9-15-23/h1-15H,16-20H2,(H,28,37). The number of amides is 3. The van der Waals surface area contributed by atoms with Crippen LogP contribution in [0.5, 0.6) is 0 Å². The summed E-state index contributed by atoms with van der Waals surface area (Å²) in [6, 6.07) is 28.2. The Bertz CT molecular complexity index is 1350. The number of urea groups is 1. The second kappa shape index (κ2) is 9.47. The normalized spacial score (nSPS) is 17.7. The molecular weight excluding hydrogens is 468 g/mol. The van der Waals surface area contributed by atoms with Gasteiger partial charge in [0.05, 0.1) is 12.4 Å². The van der Waals surface area contributed by atoms with E-state index in [1.165, 1.54) is 4.90 Å². The van der Waals surface area contributed by atoms with E-state index >= 15 is 0 Å². The number of hydrogen-bond donors (Lipinski definition) is 1. The molecule has 0 atom stereocenters. The van der Waals surface area contributed by atoms with E-state index in [2.05, 4.69) is 30.6 Å². The monoisotopic (exact) mass is 494 g/mol. The smallest absolute Gasteiger partial charge is 0.326 e. The lowest BCUT2D eigenvalue weighted by atomic mass is 9.83. The van der Waals surface area contributed by atoms with E-state index < -0.39 is 11.6 Å². The number of hydrogen-bond acceptors (Lipinski definition) is 7. The van der Waals surface area contributed by atoms with Gasteiger partial charge in [0, 0.05) is 26.2 Å². The van der Waals surface area contributed by atoms with Crippen molar-refractivity contribution in [1.29, 1.82) is 0 Å². The zero-order valence-electron chi connectivity index (χ0n) is 20.1. The number of tetrazole rings is 1. The van der Waals surface area contributed by atoms with Gasteiger partial charge in [-0.05, 0) is 33.7 Å². The Morgan fingerprint density at radius 3 is 1.92 bits per heavy atom. The fraction of sp³-hybridized carbons (Fsp3) is 0.222. The molecule has 0 aliphatic carbocycles. The van der Waals surface area contributed by atoms with Gasteiger partial charge in [0.1, 0.15) is 0 Å². The Balaban J connectivity index is 1.19. The van der Waals surface area contributed by atoms with Gasteiger partial charge in [0.15, 0.2) is 5.54 Å². The Labute approximate surface area is 214 Å². The molecule has 37 heavy (non-hydrogen) atoms. The summed E-state index contributed by atoms with van der Waals surface area (Å²) in [5.74, 6) is 0.401. The molecule has 1 N–H and O–H groups in total. The maximum absolute atomic E-state index is 13.9. The second-order valence-electron chi connectivity index (χ2n) is 9.12. The van der Waals surface area contributed by atoms with E-state index in [1.54, 1.807) is 4.68 Å². The maximum atomic E-state index is 13.9. The van der Waals surface area contributed by atoms with Crippen LogP contribution in [0.1, 0.15) is 11.1 Å². The molecule has 2 saturated heterocycles. The molecule has 186 valence electrons. The first-order chi connectivity index (χ1) is 18.2. The zero-order valence-corrected chi connectivity index (χ0v) is 20.1. The minimum Gasteiger partial charge on any atom is -0.337 e. The highest BCUT2D eigenvalue weighted by Crippen LogP contribution is 2.36. The van der Waals surface area contributed by atoms with E-state index in [0.717, 1.165) is 16.8 Å². The van der Waals surface area contributed by atoms with Crippen molar-refractivity contribution in [3.05, 3.63) is 102 Å². The fourth-order valence-electron chi connectivity index (χ4n) is 5.04. The number of rotatable bonds is 6. The molecule has 6 rings (SSSR count). The van der Waals surface area contributed by atoms with Crippen molar-refractivity contribution in [3.8, 4) is 5.69 Å². The highest BCUT2D eigenvalue weighted by atomic mass is 16.2. The van der Waals surface area contributed by atoms with Crippen molar-refractivity contribution < 1.29 is 9.59 Å². The summed E-state index contributed by atoms with van der Waals surface area (Å²) in [4.78, 5) is 32.7. The van der Waals surface area contributed by atoms with Crippen LogP contribution < -0.4 is 10.2 Å².